The second kappa shape index (κ2) is 35.7. The maximum Gasteiger partial charge on any atom is 0.245 e. The first-order valence-electron chi connectivity index (χ1n) is 28.8. The second-order valence-corrected chi connectivity index (χ2v) is 20.9. The van der Waals surface area contributed by atoms with Gasteiger partial charge in [-0.15, -0.1) is 0 Å². The van der Waals surface area contributed by atoms with Gasteiger partial charge in [-0.25, -0.2) is 0 Å². The van der Waals surface area contributed by atoms with Crippen LogP contribution in [0.3, 0.4) is 0 Å². The molecule has 0 bridgehead atoms. The Balaban J connectivity index is 1.66. The molecule has 0 spiro atoms. The smallest absolute Gasteiger partial charge is 0.245 e. The zero-order valence-corrected chi connectivity index (χ0v) is 48.3. The molecule has 0 aliphatic carbocycles. The highest BCUT2D eigenvalue weighted by Gasteiger charge is 2.36. The number of nitrogens with one attached hydrogen (secondary N) is 8. The van der Waals surface area contributed by atoms with E-state index in [1.165, 1.54) is 0 Å². The summed E-state index contributed by atoms with van der Waals surface area (Å²) in [5, 5.41) is 34.3. The van der Waals surface area contributed by atoms with Gasteiger partial charge in [-0.05, 0) is 105 Å². The van der Waals surface area contributed by atoms with Crippen molar-refractivity contribution in [3.8, 4) is 0 Å². The molecule has 0 saturated carbocycles. The molecule has 1 aliphatic heterocycles. The summed E-state index contributed by atoms with van der Waals surface area (Å²) in [6.45, 7) is -0.650. The van der Waals surface area contributed by atoms with Crippen molar-refractivity contribution in [2.24, 2.45) is 55.1 Å². The van der Waals surface area contributed by atoms with Crippen LogP contribution >= 0.6 is 0 Å². The third-order valence-corrected chi connectivity index (χ3v) is 14.1. The molecular weight excluding hydrogens is 1100 g/mol. The van der Waals surface area contributed by atoms with Crippen LogP contribution in [0.15, 0.2) is 118 Å². The van der Waals surface area contributed by atoms with Crippen molar-refractivity contribution in [3.63, 3.8) is 0 Å². The molecule has 4 aromatic carbocycles. The van der Waals surface area contributed by atoms with E-state index in [1.54, 1.807) is 48.5 Å². The average Bonchev–Trinajstić information content (AvgIpc) is 2.57. The van der Waals surface area contributed by atoms with Gasteiger partial charge in [0.25, 0.3) is 0 Å². The first kappa shape index (κ1) is 67.4. The Morgan fingerprint density at radius 3 is 1.12 bits per heavy atom. The Hall–Kier alpha value is -9.37. The van der Waals surface area contributed by atoms with Crippen molar-refractivity contribution in [3.05, 3.63) is 120 Å². The van der Waals surface area contributed by atoms with Crippen molar-refractivity contribution in [2.45, 2.75) is 132 Å². The van der Waals surface area contributed by atoms with Crippen molar-refractivity contribution in [1.82, 2.24) is 42.5 Å². The number of carbonyl (C=O) groups excluding carboxylic acids is 8. The number of nitrogens with zero attached hydrogens (tertiary/aromatic N) is 3. The monoisotopic (exact) mass is 1190 g/mol. The second-order valence-electron chi connectivity index (χ2n) is 20.9. The summed E-state index contributed by atoms with van der Waals surface area (Å²) in [6, 6.07) is 19.3. The number of aliphatic hydroxyl groups is 1. The number of benzene rings is 4. The van der Waals surface area contributed by atoms with Gasteiger partial charge in [0.05, 0.1) is 6.61 Å². The molecule has 4 aromatic rings. The van der Waals surface area contributed by atoms with Gasteiger partial charge in [-0.1, -0.05) is 103 Å². The minimum Gasteiger partial charge on any atom is -0.394 e. The number of carbonyl (C=O) groups is 8. The molecule has 0 unspecified atom stereocenters. The van der Waals surface area contributed by atoms with Crippen LogP contribution in [-0.2, 0) is 57.6 Å². The molecule has 1 saturated heterocycles. The lowest BCUT2D eigenvalue weighted by molar-refractivity contribution is -0.137. The maximum atomic E-state index is 15.1. The van der Waals surface area contributed by atoms with Crippen LogP contribution in [0.4, 0.5) is 0 Å². The van der Waals surface area contributed by atoms with E-state index in [1.807, 2.05) is 54.6 Å². The molecule has 8 amide bonds. The fraction of sp³-hybridized carbons (Fsp3) is 0.441. The predicted molar refractivity (Wildman–Crippen MR) is 328 cm³/mol. The van der Waals surface area contributed by atoms with Gasteiger partial charge in [0.15, 0.2) is 17.9 Å². The first-order chi connectivity index (χ1) is 41.3. The van der Waals surface area contributed by atoms with E-state index in [-0.39, 0.29) is 115 Å². The van der Waals surface area contributed by atoms with Gasteiger partial charge in [0.1, 0.15) is 48.3 Å². The van der Waals surface area contributed by atoms with Gasteiger partial charge in [0.2, 0.25) is 47.3 Å². The van der Waals surface area contributed by atoms with Crippen molar-refractivity contribution >= 4 is 75.9 Å². The van der Waals surface area contributed by atoms with Gasteiger partial charge < -0.3 is 87.8 Å². The topological polar surface area (TPSA) is 472 Å². The van der Waals surface area contributed by atoms with Gasteiger partial charge in [-0.3, -0.25) is 53.3 Å². The quantitative estimate of drug-likeness (QED) is 0.0195. The molecule has 0 radical (unpaired) electrons. The minimum atomic E-state index is -1.68. The predicted octanol–water partition coefficient (Wildman–Crippen LogP) is -2.57. The minimum absolute atomic E-state index is 0.0159. The normalized spacial score (nSPS) is 21.3. The Morgan fingerprint density at radius 1 is 0.360 bits per heavy atom. The summed E-state index contributed by atoms with van der Waals surface area (Å²) in [5.74, 6) is -7.57. The SMILES string of the molecule is NCCCC[C@@H]1NC(=O)[C@H](CCCN=C(N)N)NC(=O)[C@H](CCCN=C(N)N)NC(=O)[C@@H](CCCN=C(N)N)NC(=O)[C@@H](Cc2ccccc2)NC(=O)[C@H](Cc2ccc3ccccc3c2)NC(=O)[C@H](CCc2ccccc2)NC(=O)[C@H](CO)NC1=O. The van der Waals surface area contributed by atoms with Crippen LogP contribution in [0.5, 0.6) is 0 Å². The van der Waals surface area contributed by atoms with E-state index >= 15 is 4.79 Å². The molecule has 0 aromatic heterocycles. The Bertz CT molecular complexity index is 2970. The molecular formula is C59H84N18O9. The third-order valence-electron chi connectivity index (χ3n) is 14.1. The third kappa shape index (κ3) is 23.4. The first-order valence-corrected chi connectivity index (χ1v) is 28.8. The largest absolute Gasteiger partial charge is 0.394 e. The molecule has 27 nitrogen and oxygen atoms in total. The van der Waals surface area contributed by atoms with Crippen molar-refractivity contribution < 1.29 is 43.5 Å². The fourth-order valence-corrected chi connectivity index (χ4v) is 9.55. The van der Waals surface area contributed by atoms with E-state index in [0.717, 1.165) is 16.3 Å². The summed E-state index contributed by atoms with van der Waals surface area (Å²) in [5.41, 5.74) is 41.5. The van der Waals surface area contributed by atoms with Gasteiger partial charge >= 0.3 is 0 Å². The number of amides is 8. The summed E-state index contributed by atoms with van der Waals surface area (Å²) in [7, 11) is 0. The summed E-state index contributed by atoms with van der Waals surface area (Å²) >= 11 is 0. The van der Waals surface area contributed by atoms with Crippen LogP contribution < -0.4 is 82.7 Å². The van der Waals surface area contributed by atoms with E-state index < -0.39 is 102 Å². The highest BCUT2D eigenvalue weighted by Crippen LogP contribution is 2.18. The summed E-state index contributed by atoms with van der Waals surface area (Å²) in [6.07, 6.45) is 0.770. The number of aliphatic hydroxyl groups excluding tert-OH is 1. The van der Waals surface area contributed by atoms with Crippen LogP contribution in [0.1, 0.15) is 80.9 Å². The highest BCUT2D eigenvalue weighted by molar-refractivity contribution is 5.99. The van der Waals surface area contributed by atoms with E-state index in [2.05, 4.69) is 57.5 Å². The van der Waals surface area contributed by atoms with E-state index in [0.29, 0.717) is 24.0 Å². The van der Waals surface area contributed by atoms with Crippen LogP contribution in [0.25, 0.3) is 10.8 Å². The Labute approximate surface area is 499 Å². The molecule has 8 atom stereocenters. The Morgan fingerprint density at radius 2 is 0.698 bits per heavy atom. The van der Waals surface area contributed by atoms with E-state index in [9.17, 15) is 38.7 Å². The number of hydrogen-bond donors (Lipinski definition) is 16. The summed E-state index contributed by atoms with van der Waals surface area (Å²) < 4.78 is 0. The number of guanidine groups is 3. The number of hydrogen-bond acceptors (Lipinski definition) is 13. The number of unbranched alkanes of at least 4 members (excludes halogenated alkanes) is 1. The standard InChI is InChI=1S/C59H84N18O9/c60-28-10-9-20-41-52(82)77-48(35-78)56(86)74-45(27-25-36-14-3-1-4-15-36)53(83)75-47(34-38-24-26-39-18-7-8-19-40(39)32-38)55(85)76-46(33-37-16-5-2-6-17-37)54(84)73-44(23-13-31-69-59(65)66)51(81)72-43(22-12-30-68-58(63)64)50(80)71-42(49(79)70-41)21-11-29-67-57(61)62/h1-8,14-19,24,26,32,41-48,78H,9-13,20-23,25,27-31,33-35,60H2,(H,70,79)(H,71,80)(H,72,81)(H,73,84)(H,74,86)(H,75,83)(H,76,85)(H,77,82)(H4,61,62,67)(H4,63,64,68)(H4,65,66,69)/t41-,42-,43-,44+,45-,46+,47-,48-/m0/s1. The lowest BCUT2D eigenvalue weighted by Gasteiger charge is -2.29. The lowest BCUT2D eigenvalue weighted by Crippen LogP contribution is -2.62. The maximum absolute atomic E-state index is 15.1. The van der Waals surface area contributed by atoms with Crippen molar-refractivity contribution in [1.29, 1.82) is 0 Å². The molecule has 1 aliphatic rings. The molecule has 5 rings (SSSR count). The zero-order valence-electron chi connectivity index (χ0n) is 48.3. The Kier molecular flexibility index (Phi) is 28.0. The number of rotatable bonds is 24. The van der Waals surface area contributed by atoms with Crippen molar-refractivity contribution in [2.75, 3.05) is 32.8 Å². The molecule has 1 fully saturated rings. The fourth-order valence-electron chi connectivity index (χ4n) is 9.55. The van der Waals surface area contributed by atoms with Crippen LogP contribution in [0, 0.1) is 0 Å². The molecule has 27 heteroatoms. The van der Waals surface area contributed by atoms with Gasteiger partial charge in [-0.2, -0.15) is 0 Å². The molecule has 23 N–H and O–H groups in total. The molecule has 86 heavy (non-hydrogen) atoms. The number of fused-ring (bicyclic) bond motifs is 1. The average molecular weight is 1190 g/mol. The van der Waals surface area contributed by atoms with E-state index in [4.69, 9.17) is 40.1 Å². The molecule has 1 heterocycles. The van der Waals surface area contributed by atoms with Gasteiger partial charge in [0, 0.05) is 32.5 Å². The van der Waals surface area contributed by atoms with Crippen LogP contribution in [0.2, 0.25) is 0 Å². The highest BCUT2D eigenvalue weighted by atomic mass is 16.3. The van der Waals surface area contributed by atoms with Crippen LogP contribution in [-0.4, -0.2) is 151 Å². The lowest BCUT2D eigenvalue weighted by atomic mass is 9.99. The molecule has 464 valence electrons. The number of nitrogens with two attached hydrogens (primary N) is 7. The summed E-state index contributed by atoms with van der Waals surface area (Å²) in [4.78, 5) is 130. The number of aliphatic imine (C=N–C) groups is 3. The number of aryl methyl sites for hydroxylation is 1. The zero-order chi connectivity index (χ0) is 62.4.